The summed E-state index contributed by atoms with van der Waals surface area (Å²) in [6.07, 6.45) is 6.10. The zero-order valence-electron chi connectivity index (χ0n) is 33.1. The third-order valence-corrected chi connectivity index (χ3v) is 10.5. The Morgan fingerprint density at radius 1 is 0.483 bits per heavy atom. The van der Waals surface area contributed by atoms with Crippen molar-refractivity contribution in [1.82, 2.24) is 58.1 Å². The summed E-state index contributed by atoms with van der Waals surface area (Å²) in [7, 11) is 0. The first kappa shape index (κ1) is 37.4. The number of nitrogens with zero attached hydrogens (tertiary/aromatic N) is 12. The molecule has 0 amide bonds. The number of rotatable bonds is 6. The molecule has 0 aliphatic heterocycles. The van der Waals surface area contributed by atoms with Crippen molar-refractivity contribution in [2.75, 3.05) is 11.5 Å². The SMILES string of the molecule is Cc1ccccc1-n1c(Cn2cnc3c(N)ncnc32)nc2cccc(C)c2c1=O.Cc1ccccc1-n1c(Cn2cnc3c(N)ncnc32)nc2cccc(C)c2c1=O. The summed E-state index contributed by atoms with van der Waals surface area (Å²) in [5.74, 6) is 1.81. The monoisotopic (exact) mass is 794 g/mol. The van der Waals surface area contributed by atoms with Gasteiger partial charge in [0.25, 0.3) is 11.1 Å². The summed E-state index contributed by atoms with van der Waals surface area (Å²) in [5, 5.41) is 1.23. The highest BCUT2D eigenvalue weighted by Gasteiger charge is 2.20. The molecule has 60 heavy (non-hydrogen) atoms. The Kier molecular flexibility index (Phi) is 9.35. The lowest BCUT2D eigenvalue weighted by atomic mass is 10.1. The van der Waals surface area contributed by atoms with Gasteiger partial charge in [0, 0.05) is 0 Å². The second-order valence-electron chi connectivity index (χ2n) is 14.5. The van der Waals surface area contributed by atoms with E-state index in [1.807, 2.05) is 122 Å². The average molecular weight is 795 g/mol. The first-order valence-corrected chi connectivity index (χ1v) is 19.1. The van der Waals surface area contributed by atoms with Crippen molar-refractivity contribution in [2.45, 2.75) is 40.8 Å². The van der Waals surface area contributed by atoms with E-state index in [0.29, 0.717) is 80.5 Å². The van der Waals surface area contributed by atoms with E-state index in [0.717, 1.165) is 33.6 Å². The molecule has 0 spiro atoms. The molecule has 0 aliphatic carbocycles. The fourth-order valence-corrected chi connectivity index (χ4v) is 7.55. The summed E-state index contributed by atoms with van der Waals surface area (Å²) in [6.45, 7) is 8.43. The first-order chi connectivity index (χ1) is 29.1. The van der Waals surface area contributed by atoms with Gasteiger partial charge in [-0.15, -0.1) is 0 Å². The van der Waals surface area contributed by atoms with Crippen LogP contribution in [0.3, 0.4) is 0 Å². The van der Waals surface area contributed by atoms with Crippen LogP contribution in [0.1, 0.15) is 33.9 Å². The van der Waals surface area contributed by atoms with E-state index in [9.17, 15) is 9.59 Å². The fraction of sp³-hybridized carbons (Fsp3) is 0.136. The van der Waals surface area contributed by atoms with Crippen LogP contribution in [0.2, 0.25) is 0 Å². The van der Waals surface area contributed by atoms with Gasteiger partial charge in [0.1, 0.15) is 35.3 Å². The van der Waals surface area contributed by atoms with Crippen LogP contribution >= 0.6 is 0 Å². The van der Waals surface area contributed by atoms with Gasteiger partial charge in [0.2, 0.25) is 0 Å². The van der Waals surface area contributed by atoms with E-state index in [1.54, 1.807) is 21.8 Å². The maximum atomic E-state index is 13.6. The second-order valence-corrected chi connectivity index (χ2v) is 14.5. The molecule has 0 saturated carbocycles. The van der Waals surface area contributed by atoms with Crippen molar-refractivity contribution in [1.29, 1.82) is 0 Å². The molecule has 0 fully saturated rings. The molecule has 10 aromatic rings. The average Bonchev–Trinajstić information content (AvgIpc) is 3.84. The number of fused-ring (bicyclic) bond motifs is 4. The minimum absolute atomic E-state index is 0.0963. The van der Waals surface area contributed by atoms with Crippen molar-refractivity contribution in [3.8, 4) is 11.4 Å². The standard InChI is InChI=1S/2C22H19N7O/c2*1-13-6-3-4-9-16(13)29-17(27-15-8-5-7-14(2)18(15)22(29)30)10-28-12-26-19-20(23)24-11-25-21(19)28/h2*3-9,11-12H,10H2,1-2H3,(H2,23,24,25). The number of para-hydroxylation sites is 2. The molecule has 0 radical (unpaired) electrons. The van der Waals surface area contributed by atoms with Gasteiger partial charge in [-0.2, -0.15) is 0 Å². The van der Waals surface area contributed by atoms with Crippen molar-refractivity contribution < 1.29 is 0 Å². The van der Waals surface area contributed by atoms with Gasteiger partial charge in [-0.25, -0.2) is 39.9 Å². The van der Waals surface area contributed by atoms with Gasteiger partial charge in [0.05, 0.1) is 58.9 Å². The van der Waals surface area contributed by atoms with Gasteiger partial charge in [-0.1, -0.05) is 60.7 Å². The largest absolute Gasteiger partial charge is 0.382 e. The topological polar surface area (TPSA) is 209 Å². The molecule has 0 saturated heterocycles. The van der Waals surface area contributed by atoms with Crippen LogP contribution in [0.15, 0.2) is 120 Å². The number of anilines is 2. The number of aromatic nitrogens is 12. The molecule has 16 heteroatoms. The van der Waals surface area contributed by atoms with E-state index in [1.165, 1.54) is 12.7 Å². The smallest absolute Gasteiger partial charge is 0.266 e. The predicted molar refractivity (Wildman–Crippen MR) is 231 cm³/mol. The lowest BCUT2D eigenvalue weighted by Crippen LogP contribution is -2.26. The van der Waals surface area contributed by atoms with E-state index in [-0.39, 0.29) is 11.1 Å². The molecule has 296 valence electrons. The number of nitrogen functional groups attached to an aromatic ring is 2. The lowest BCUT2D eigenvalue weighted by Gasteiger charge is -2.16. The van der Waals surface area contributed by atoms with Crippen LogP contribution in [0, 0.1) is 27.7 Å². The molecule has 0 atom stereocenters. The number of hydrogen-bond donors (Lipinski definition) is 2. The van der Waals surface area contributed by atoms with Crippen molar-refractivity contribution in [3.63, 3.8) is 0 Å². The number of benzene rings is 4. The van der Waals surface area contributed by atoms with Crippen molar-refractivity contribution >= 4 is 55.8 Å². The number of imidazole rings is 2. The number of hydrogen-bond acceptors (Lipinski definition) is 12. The lowest BCUT2D eigenvalue weighted by molar-refractivity contribution is 0.716. The first-order valence-electron chi connectivity index (χ1n) is 19.1. The van der Waals surface area contributed by atoms with Crippen LogP contribution in [0.25, 0.3) is 55.5 Å². The highest BCUT2D eigenvalue weighted by molar-refractivity contribution is 5.84. The molecule has 4 aromatic carbocycles. The van der Waals surface area contributed by atoms with E-state index in [4.69, 9.17) is 21.4 Å². The normalized spacial score (nSPS) is 11.4. The Bertz CT molecular complexity index is 3190. The minimum Gasteiger partial charge on any atom is -0.382 e. The summed E-state index contributed by atoms with van der Waals surface area (Å²) >= 11 is 0. The molecule has 6 aromatic heterocycles. The highest BCUT2D eigenvalue weighted by Crippen LogP contribution is 2.23. The maximum absolute atomic E-state index is 13.6. The van der Waals surface area contributed by atoms with Crippen LogP contribution in [-0.2, 0) is 13.1 Å². The Balaban J connectivity index is 0.000000154. The van der Waals surface area contributed by atoms with E-state index in [2.05, 4.69) is 29.9 Å². The summed E-state index contributed by atoms with van der Waals surface area (Å²) < 4.78 is 7.01. The fourth-order valence-electron chi connectivity index (χ4n) is 7.55. The molecule has 0 bridgehead atoms. The van der Waals surface area contributed by atoms with Crippen LogP contribution in [0.5, 0.6) is 0 Å². The van der Waals surface area contributed by atoms with Crippen LogP contribution in [0.4, 0.5) is 11.6 Å². The number of aryl methyl sites for hydroxylation is 4. The molecule has 0 aliphatic rings. The number of nitrogens with two attached hydrogens (primary N) is 2. The Morgan fingerprint density at radius 2 is 0.883 bits per heavy atom. The van der Waals surface area contributed by atoms with Crippen LogP contribution < -0.4 is 22.6 Å². The van der Waals surface area contributed by atoms with Crippen molar-refractivity contribution in [2.24, 2.45) is 0 Å². The van der Waals surface area contributed by atoms with Gasteiger partial charge < -0.3 is 20.6 Å². The molecule has 10 rings (SSSR count). The van der Waals surface area contributed by atoms with E-state index < -0.39 is 0 Å². The quantitative estimate of drug-likeness (QED) is 0.213. The molecule has 6 heterocycles. The molecular weight excluding hydrogens is 757 g/mol. The predicted octanol–water partition coefficient (Wildman–Crippen LogP) is 5.55. The molecular formula is C44H38N14O2. The zero-order valence-corrected chi connectivity index (χ0v) is 33.1. The molecule has 16 nitrogen and oxygen atoms in total. The van der Waals surface area contributed by atoms with Gasteiger partial charge in [-0.05, 0) is 74.2 Å². The Labute approximate surface area is 341 Å². The third kappa shape index (κ3) is 6.45. The maximum Gasteiger partial charge on any atom is 0.266 e. The summed E-state index contributed by atoms with van der Waals surface area (Å²) in [5.41, 5.74) is 20.6. The minimum atomic E-state index is -0.0963. The highest BCUT2D eigenvalue weighted by atomic mass is 16.1. The Morgan fingerprint density at radius 3 is 1.30 bits per heavy atom. The van der Waals surface area contributed by atoms with Gasteiger partial charge in [0.15, 0.2) is 22.9 Å². The molecule has 0 unspecified atom stereocenters. The van der Waals surface area contributed by atoms with Crippen molar-refractivity contribution in [3.05, 3.63) is 165 Å². The van der Waals surface area contributed by atoms with Gasteiger partial charge in [-0.3, -0.25) is 18.7 Å². The zero-order chi connectivity index (χ0) is 41.7. The second kappa shape index (κ2) is 15.0. The molecule has 4 N–H and O–H groups in total. The Hall–Kier alpha value is -8.14. The third-order valence-electron chi connectivity index (χ3n) is 10.5. The van der Waals surface area contributed by atoms with Crippen LogP contribution in [-0.4, -0.2) is 58.1 Å². The van der Waals surface area contributed by atoms with Gasteiger partial charge >= 0.3 is 0 Å². The van der Waals surface area contributed by atoms with E-state index >= 15 is 0 Å². The summed E-state index contributed by atoms with van der Waals surface area (Å²) in [4.78, 5) is 62.2. The summed E-state index contributed by atoms with van der Waals surface area (Å²) in [6, 6.07) is 27.0.